The molecule has 1 atom stereocenters. The van der Waals surface area contributed by atoms with Gasteiger partial charge in [0.15, 0.2) is 0 Å². The monoisotopic (exact) mass is 294 g/mol. The number of sulfonamides is 1. The molecule has 1 aliphatic heterocycles. The Kier molecular flexibility index (Phi) is 3.49. The molecule has 2 aromatic heterocycles. The Balaban J connectivity index is 1.93. The number of aromatic amines is 1. The fraction of sp³-hybridized carbons (Fsp3) is 0.462. The molecule has 1 unspecified atom stereocenters. The first-order valence-corrected chi connectivity index (χ1v) is 8.14. The van der Waals surface area contributed by atoms with Crippen molar-refractivity contribution in [1.82, 2.24) is 19.6 Å². The summed E-state index contributed by atoms with van der Waals surface area (Å²) in [6.45, 7) is 2.01. The maximum absolute atomic E-state index is 12.7. The Labute approximate surface area is 118 Å². The summed E-state index contributed by atoms with van der Waals surface area (Å²) < 4.78 is 27.0. The molecule has 0 radical (unpaired) electrons. The molecule has 0 aromatic carbocycles. The van der Waals surface area contributed by atoms with Crippen LogP contribution in [0.5, 0.6) is 0 Å². The summed E-state index contributed by atoms with van der Waals surface area (Å²) in [5.41, 5.74) is 0.608. The molecule has 1 aliphatic rings. The molecular formula is C13H18N4O2S. The molecule has 0 amide bonds. The van der Waals surface area contributed by atoms with Gasteiger partial charge in [0.05, 0.1) is 0 Å². The molecule has 108 valence electrons. The molecule has 0 aliphatic carbocycles. The summed E-state index contributed by atoms with van der Waals surface area (Å²) >= 11 is 0. The molecule has 1 saturated heterocycles. The number of pyridine rings is 1. The Hall–Kier alpha value is -1.44. The lowest BCUT2D eigenvalue weighted by Gasteiger charge is -2.16. The molecule has 7 heteroatoms. The second-order valence-electron chi connectivity index (χ2n) is 5.13. The van der Waals surface area contributed by atoms with E-state index in [1.807, 2.05) is 7.05 Å². The van der Waals surface area contributed by atoms with Crippen LogP contribution < -0.4 is 5.32 Å². The molecule has 0 spiro atoms. The number of nitrogens with zero attached hydrogens (tertiary/aromatic N) is 2. The number of nitrogens with one attached hydrogen (secondary N) is 2. The smallest absolute Gasteiger partial charge is 0.245 e. The number of H-pyrrole nitrogens is 1. The van der Waals surface area contributed by atoms with Gasteiger partial charge >= 0.3 is 0 Å². The Morgan fingerprint density at radius 2 is 2.40 bits per heavy atom. The Bertz CT molecular complexity index is 710. The molecular weight excluding hydrogens is 276 g/mol. The van der Waals surface area contributed by atoms with E-state index in [1.54, 1.807) is 28.8 Å². The van der Waals surface area contributed by atoms with Crippen LogP contribution in [0, 0.1) is 5.92 Å². The van der Waals surface area contributed by atoms with Gasteiger partial charge in [-0.05, 0) is 38.1 Å². The second-order valence-corrected chi connectivity index (χ2v) is 7.03. The zero-order chi connectivity index (χ0) is 14.2. The first-order chi connectivity index (χ1) is 9.63. The van der Waals surface area contributed by atoms with Gasteiger partial charge in [-0.1, -0.05) is 0 Å². The van der Waals surface area contributed by atoms with Crippen LogP contribution >= 0.6 is 0 Å². The highest BCUT2D eigenvalue weighted by molar-refractivity contribution is 7.89. The number of aromatic nitrogens is 2. The summed E-state index contributed by atoms with van der Waals surface area (Å²) in [4.78, 5) is 7.39. The zero-order valence-electron chi connectivity index (χ0n) is 11.3. The highest BCUT2D eigenvalue weighted by atomic mass is 32.2. The van der Waals surface area contributed by atoms with Gasteiger partial charge in [-0.25, -0.2) is 13.4 Å². The number of rotatable bonds is 4. The molecule has 0 saturated carbocycles. The first kappa shape index (κ1) is 13.5. The van der Waals surface area contributed by atoms with Crippen molar-refractivity contribution in [3.05, 3.63) is 24.5 Å². The van der Waals surface area contributed by atoms with Crippen molar-refractivity contribution < 1.29 is 8.42 Å². The van der Waals surface area contributed by atoms with Gasteiger partial charge in [0.1, 0.15) is 10.5 Å². The minimum atomic E-state index is -3.44. The average molecular weight is 294 g/mol. The second kappa shape index (κ2) is 5.16. The molecule has 2 N–H and O–H groups in total. The van der Waals surface area contributed by atoms with Crippen LogP contribution in [-0.4, -0.2) is 49.4 Å². The predicted octanol–water partition coefficient (Wildman–Crippen LogP) is 0.793. The van der Waals surface area contributed by atoms with E-state index in [0.29, 0.717) is 34.9 Å². The van der Waals surface area contributed by atoms with E-state index in [9.17, 15) is 8.42 Å². The third-order valence-electron chi connectivity index (χ3n) is 3.77. The minimum absolute atomic E-state index is 0.325. The van der Waals surface area contributed by atoms with Crippen LogP contribution in [0.25, 0.3) is 11.0 Å². The van der Waals surface area contributed by atoms with Crippen LogP contribution in [0.4, 0.5) is 0 Å². The van der Waals surface area contributed by atoms with Crippen molar-refractivity contribution in [2.24, 2.45) is 5.92 Å². The standard InChI is InChI=1S/C13H18N4O2S/c1-14-7-10-4-6-17(9-10)20(18,19)12-8-16-13-11(12)3-2-5-15-13/h2-3,5,8,10,14H,4,6-7,9H2,1H3,(H,15,16). The van der Waals surface area contributed by atoms with E-state index in [1.165, 1.54) is 0 Å². The van der Waals surface area contributed by atoms with Crippen molar-refractivity contribution >= 4 is 21.1 Å². The number of fused-ring (bicyclic) bond motifs is 1. The topological polar surface area (TPSA) is 78.1 Å². The maximum Gasteiger partial charge on any atom is 0.245 e. The molecule has 6 nitrogen and oxygen atoms in total. The zero-order valence-corrected chi connectivity index (χ0v) is 12.2. The van der Waals surface area contributed by atoms with Gasteiger partial charge < -0.3 is 10.3 Å². The number of hydrogen-bond acceptors (Lipinski definition) is 4. The van der Waals surface area contributed by atoms with Gasteiger partial charge in [0, 0.05) is 30.9 Å². The van der Waals surface area contributed by atoms with Crippen LogP contribution in [0.2, 0.25) is 0 Å². The summed E-state index contributed by atoms with van der Waals surface area (Å²) in [5.74, 6) is 0.387. The molecule has 3 rings (SSSR count). The normalized spacial score (nSPS) is 20.8. The van der Waals surface area contributed by atoms with Crippen molar-refractivity contribution in [2.75, 3.05) is 26.7 Å². The molecule has 3 heterocycles. The van der Waals surface area contributed by atoms with Gasteiger partial charge in [-0.3, -0.25) is 0 Å². The highest BCUT2D eigenvalue weighted by Crippen LogP contribution is 2.28. The van der Waals surface area contributed by atoms with Gasteiger partial charge in [0.25, 0.3) is 0 Å². The van der Waals surface area contributed by atoms with Gasteiger partial charge in [0.2, 0.25) is 10.0 Å². The Morgan fingerprint density at radius 1 is 1.55 bits per heavy atom. The highest BCUT2D eigenvalue weighted by Gasteiger charge is 2.33. The molecule has 0 bridgehead atoms. The minimum Gasteiger partial charge on any atom is -0.345 e. The van der Waals surface area contributed by atoms with Crippen molar-refractivity contribution in [1.29, 1.82) is 0 Å². The van der Waals surface area contributed by atoms with Crippen molar-refractivity contribution in [2.45, 2.75) is 11.3 Å². The fourth-order valence-corrected chi connectivity index (χ4v) is 4.44. The lowest BCUT2D eigenvalue weighted by molar-refractivity contribution is 0.451. The lowest BCUT2D eigenvalue weighted by atomic mass is 10.1. The van der Waals surface area contributed by atoms with Crippen LogP contribution in [0.15, 0.2) is 29.4 Å². The van der Waals surface area contributed by atoms with Crippen LogP contribution in [0.1, 0.15) is 6.42 Å². The molecule has 20 heavy (non-hydrogen) atoms. The van der Waals surface area contributed by atoms with Crippen LogP contribution in [-0.2, 0) is 10.0 Å². The van der Waals surface area contributed by atoms with E-state index in [0.717, 1.165) is 13.0 Å². The first-order valence-electron chi connectivity index (χ1n) is 6.70. The fourth-order valence-electron chi connectivity index (χ4n) is 2.75. The largest absolute Gasteiger partial charge is 0.345 e. The molecule has 1 fully saturated rings. The van der Waals surface area contributed by atoms with E-state index in [2.05, 4.69) is 15.3 Å². The predicted molar refractivity (Wildman–Crippen MR) is 76.9 cm³/mol. The van der Waals surface area contributed by atoms with Gasteiger partial charge in [-0.2, -0.15) is 4.31 Å². The third-order valence-corrected chi connectivity index (χ3v) is 5.68. The lowest BCUT2D eigenvalue weighted by Crippen LogP contribution is -2.30. The molecule has 2 aromatic rings. The summed E-state index contributed by atoms with van der Waals surface area (Å²) in [6.07, 6.45) is 4.09. The SMILES string of the molecule is CNCC1CCN(S(=O)(=O)c2c[nH]c3ncccc23)C1. The van der Waals surface area contributed by atoms with Crippen molar-refractivity contribution in [3.63, 3.8) is 0 Å². The Morgan fingerprint density at radius 3 is 3.20 bits per heavy atom. The van der Waals surface area contributed by atoms with Gasteiger partial charge in [-0.15, -0.1) is 0 Å². The average Bonchev–Trinajstić information content (AvgIpc) is 3.05. The van der Waals surface area contributed by atoms with E-state index >= 15 is 0 Å². The summed E-state index contributed by atoms with van der Waals surface area (Å²) in [5, 5.41) is 3.77. The summed E-state index contributed by atoms with van der Waals surface area (Å²) in [7, 11) is -1.55. The van der Waals surface area contributed by atoms with E-state index < -0.39 is 10.0 Å². The maximum atomic E-state index is 12.7. The quantitative estimate of drug-likeness (QED) is 0.874. The van der Waals surface area contributed by atoms with E-state index in [-0.39, 0.29) is 0 Å². The van der Waals surface area contributed by atoms with Crippen LogP contribution in [0.3, 0.4) is 0 Å². The third kappa shape index (κ3) is 2.21. The van der Waals surface area contributed by atoms with Crippen molar-refractivity contribution in [3.8, 4) is 0 Å². The summed E-state index contributed by atoms with van der Waals surface area (Å²) in [6, 6.07) is 3.54. The number of hydrogen-bond donors (Lipinski definition) is 2. The van der Waals surface area contributed by atoms with E-state index in [4.69, 9.17) is 0 Å².